The van der Waals surface area contributed by atoms with Gasteiger partial charge in [0.15, 0.2) is 5.65 Å². The van der Waals surface area contributed by atoms with Crippen LogP contribution in [0, 0.1) is 5.92 Å². The van der Waals surface area contributed by atoms with Gasteiger partial charge in [0.2, 0.25) is 0 Å². The van der Waals surface area contributed by atoms with Gasteiger partial charge in [-0.05, 0) is 25.3 Å². The predicted octanol–water partition coefficient (Wildman–Crippen LogP) is 1.41. The number of nitrogens with one attached hydrogen (secondary N) is 2. The van der Waals surface area contributed by atoms with Crippen molar-refractivity contribution < 1.29 is 0 Å². The van der Waals surface area contributed by atoms with Crippen LogP contribution in [0.25, 0.3) is 11.2 Å². The van der Waals surface area contributed by atoms with Crippen molar-refractivity contribution in [2.24, 2.45) is 5.92 Å². The van der Waals surface area contributed by atoms with Gasteiger partial charge in [0.05, 0.1) is 12.2 Å². The Morgan fingerprint density at radius 2 is 2.38 bits per heavy atom. The quantitative estimate of drug-likeness (QED) is 0.758. The minimum Gasteiger partial charge on any atom is -0.338 e. The summed E-state index contributed by atoms with van der Waals surface area (Å²) in [5, 5.41) is 3.50. The van der Waals surface area contributed by atoms with E-state index < -0.39 is 0 Å². The van der Waals surface area contributed by atoms with E-state index in [-0.39, 0.29) is 0 Å². The molecule has 1 aliphatic heterocycles. The van der Waals surface area contributed by atoms with Crippen LogP contribution >= 0.6 is 0 Å². The van der Waals surface area contributed by atoms with Crippen molar-refractivity contribution in [2.75, 3.05) is 6.54 Å². The Hall–Kier alpha value is -1.49. The van der Waals surface area contributed by atoms with Gasteiger partial charge in [-0.1, -0.05) is 6.92 Å². The number of hydrogen-bond acceptors (Lipinski definition) is 4. The Kier molecular flexibility index (Phi) is 2.32. The van der Waals surface area contributed by atoms with E-state index in [0.717, 1.165) is 23.5 Å². The summed E-state index contributed by atoms with van der Waals surface area (Å²) in [4.78, 5) is 15.9. The molecule has 0 amide bonds. The van der Waals surface area contributed by atoms with Crippen LogP contribution in [0.1, 0.15) is 31.6 Å². The highest BCUT2D eigenvalue weighted by atomic mass is 15.1. The zero-order chi connectivity index (χ0) is 11.0. The highest BCUT2D eigenvalue weighted by molar-refractivity contribution is 5.68. The van der Waals surface area contributed by atoms with E-state index >= 15 is 0 Å². The van der Waals surface area contributed by atoms with Crippen molar-refractivity contribution in [1.29, 1.82) is 0 Å². The predicted molar refractivity (Wildman–Crippen MR) is 60.8 cm³/mol. The van der Waals surface area contributed by atoms with Gasteiger partial charge in [-0.15, -0.1) is 0 Å². The average Bonchev–Trinajstić information content (AvgIpc) is 2.73. The third-order valence-electron chi connectivity index (χ3n) is 3.24. The molecule has 3 heterocycles. The zero-order valence-corrected chi connectivity index (χ0v) is 9.27. The number of imidazole rings is 1. The van der Waals surface area contributed by atoms with Crippen molar-refractivity contribution in [3.63, 3.8) is 0 Å². The van der Waals surface area contributed by atoms with E-state index in [2.05, 4.69) is 32.2 Å². The highest BCUT2D eigenvalue weighted by Gasteiger charge is 2.25. The molecule has 0 radical (unpaired) electrons. The van der Waals surface area contributed by atoms with Crippen molar-refractivity contribution in [3.05, 3.63) is 18.3 Å². The maximum Gasteiger partial charge on any atom is 0.180 e. The van der Waals surface area contributed by atoms with Crippen molar-refractivity contribution in [3.8, 4) is 0 Å². The van der Waals surface area contributed by atoms with E-state index in [4.69, 9.17) is 0 Å². The molecule has 16 heavy (non-hydrogen) atoms. The van der Waals surface area contributed by atoms with Crippen LogP contribution in [0.2, 0.25) is 0 Å². The number of fused-ring (bicyclic) bond motifs is 1. The van der Waals surface area contributed by atoms with Crippen LogP contribution in [0.3, 0.4) is 0 Å². The molecule has 2 N–H and O–H groups in total. The zero-order valence-electron chi connectivity index (χ0n) is 9.27. The molecule has 2 aromatic rings. The summed E-state index contributed by atoms with van der Waals surface area (Å²) in [6.07, 6.45) is 5.80. The molecule has 0 aliphatic carbocycles. The molecule has 1 saturated heterocycles. The van der Waals surface area contributed by atoms with E-state index in [9.17, 15) is 0 Å². The van der Waals surface area contributed by atoms with Gasteiger partial charge < -0.3 is 10.3 Å². The number of aromatic amines is 1. The molecule has 3 rings (SSSR count). The molecule has 2 unspecified atom stereocenters. The lowest BCUT2D eigenvalue weighted by Crippen LogP contribution is -2.33. The van der Waals surface area contributed by atoms with E-state index in [1.807, 2.05) is 0 Å². The molecule has 5 nitrogen and oxygen atoms in total. The second kappa shape index (κ2) is 3.83. The molecular weight excluding hydrogens is 202 g/mol. The third-order valence-corrected chi connectivity index (χ3v) is 3.24. The molecule has 0 spiro atoms. The lowest BCUT2D eigenvalue weighted by Gasteiger charge is -2.28. The summed E-state index contributed by atoms with van der Waals surface area (Å²) in [5.74, 6) is 1.60. The monoisotopic (exact) mass is 217 g/mol. The molecule has 1 fully saturated rings. The molecule has 1 aliphatic rings. The fourth-order valence-corrected chi connectivity index (χ4v) is 2.34. The first-order valence-corrected chi connectivity index (χ1v) is 5.73. The Morgan fingerprint density at radius 1 is 1.44 bits per heavy atom. The summed E-state index contributed by atoms with van der Waals surface area (Å²) in [5.41, 5.74) is 1.67. The van der Waals surface area contributed by atoms with Gasteiger partial charge in [-0.2, -0.15) is 0 Å². The molecule has 84 valence electrons. The lowest BCUT2D eigenvalue weighted by molar-refractivity contribution is 0.296. The first-order valence-electron chi connectivity index (χ1n) is 5.73. The van der Waals surface area contributed by atoms with Crippen LogP contribution in [-0.4, -0.2) is 26.5 Å². The summed E-state index contributed by atoms with van der Waals surface area (Å²) in [6.45, 7) is 3.33. The van der Waals surface area contributed by atoms with Gasteiger partial charge in [0, 0.05) is 0 Å². The number of H-pyrrole nitrogens is 1. The second-order valence-electron chi connectivity index (χ2n) is 4.43. The molecule has 2 atom stereocenters. The Balaban J connectivity index is 1.98. The number of aromatic nitrogens is 4. The molecule has 5 heteroatoms. The fraction of sp³-hybridized carbons (Fsp3) is 0.545. The van der Waals surface area contributed by atoms with Crippen LogP contribution < -0.4 is 5.32 Å². The molecule has 0 aromatic carbocycles. The molecule has 0 bridgehead atoms. The van der Waals surface area contributed by atoms with Gasteiger partial charge in [0.1, 0.15) is 17.7 Å². The number of nitrogens with zero attached hydrogens (tertiary/aromatic N) is 3. The van der Waals surface area contributed by atoms with E-state index in [1.165, 1.54) is 19.2 Å². The fourth-order valence-electron chi connectivity index (χ4n) is 2.34. The third kappa shape index (κ3) is 1.57. The highest BCUT2D eigenvalue weighted by Crippen LogP contribution is 2.27. The van der Waals surface area contributed by atoms with Gasteiger partial charge in [-0.3, -0.25) is 0 Å². The van der Waals surface area contributed by atoms with Crippen LogP contribution in [0.15, 0.2) is 12.5 Å². The Labute approximate surface area is 93.7 Å². The first-order chi connectivity index (χ1) is 7.84. The topological polar surface area (TPSA) is 66.5 Å². The average molecular weight is 217 g/mol. The number of rotatable bonds is 1. The minimum atomic E-state index is 0.322. The maximum atomic E-state index is 4.52. The van der Waals surface area contributed by atoms with Crippen molar-refractivity contribution in [2.45, 2.75) is 25.8 Å². The minimum absolute atomic E-state index is 0.322. The van der Waals surface area contributed by atoms with Gasteiger partial charge >= 0.3 is 0 Å². The van der Waals surface area contributed by atoms with Crippen molar-refractivity contribution >= 4 is 11.2 Å². The molecular formula is C11H15N5. The molecule has 2 aromatic heterocycles. The SMILES string of the molecule is CC1CCCNC1c1nc2ncncc2[nH]1. The largest absolute Gasteiger partial charge is 0.338 e. The maximum absolute atomic E-state index is 4.52. The van der Waals surface area contributed by atoms with Gasteiger partial charge in [0.25, 0.3) is 0 Å². The normalized spacial score (nSPS) is 26.1. The van der Waals surface area contributed by atoms with Crippen molar-refractivity contribution in [1.82, 2.24) is 25.3 Å². The summed E-state index contributed by atoms with van der Waals surface area (Å²) < 4.78 is 0. The van der Waals surface area contributed by atoms with Crippen LogP contribution in [-0.2, 0) is 0 Å². The standard InChI is InChI=1S/C11H15N5/c1-7-3-2-4-13-9(7)11-15-8-5-12-6-14-10(8)16-11/h5-7,9,13H,2-4H2,1H3,(H,12,14,15,16). The van der Waals surface area contributed by atoms with E-state index in [0.29, 0.717) is 12.0 Å². The smallest absolute Gasteiger partial charge is 0.180 e. The number of hydrogen-bond donors (Lipinski definition) is 2. The van der Waals surface area contributed by atoms with Crippen LogP contribution in [0.5, 0.6) is 0 Å². The first kappa shape index (κ1) is 9.72. The lowest BCUT2D eigenvalue weighted by atomic mass is 9.92. The second-order valence-corrected chi connectivity index (χ2v) is 4.43. The van der Waals surface area contributed by atoms with Crippen LogP contribution in [0.4, 0.5) is 0 Å². The summed E-state index contributed by atoms with van der Waals surface area (Å²) >= 11 is 0. The van der Waals surface area contributed by atoms with E-state index in [1.54, 1.807) is 6.20 Å². The Morgan fingerprint density at radius 3 is 3.19 bits per heavy atom. The molecule has 0 saturated carbocycles. The van der Waals surface area contributed by atoms with Gasteiger partial charge in [-0.25, -0.2) is 15.0 Å². The Bertz CT molecular complexity index is 459. The summed E-state index contributed by atoms with van der Waals surface area (Å²) in [6, 6.07) is 0.322. The number of piperidine rings is 1. The summed E-state index contributed by atoms with van der Waals surface area (Å²) in [7, 11) is 0.